The molecule has 0 radical (unpaired) electrons. The van der Waals surface area contributed by atoms with Gasteiger partial charge in [0.1, 0.15) is 5.82 Å². The van der Waals surface area contributed by atoms with Gasteiger partial charge in [-0.1, -0.05) is 32.0 Å². The molecule has 27 heavy (non-hydrogen) atoms. The lowest BCUT2D eigenvalue weighted by molar-refractivity contribution is 0.268. The molecule has 0 aliphatic rings. The number of thiocarbonyl (C=S) groups is 1. The summed E-state index contributed by atoms with van der Waals surface area (Å²) in [5.74, 6) is 1.12. The Labute approximate surface area is 166 Å². The van der Waals surface area contributed by atoms with Gasteiger partial charge in [-0.25, -0.2) is 4.39 Å². The molecule has 0 aliphatic carbocycles. The van der Waals surface area contributed by atoms with Crippen molar-refractivity contribution < 1.29 is 13.9 Å². The number of hydrogen-bond acceptors (Lipinski definition) is 3. The molecule has 2 rings (SSSR count). The Kier molecular flexibility index (Phi) is 8.33. The number of rotatable bonds is 9. The predicted molar refractivity (Wildman–Crippen MR) is 112 cm³/mol. The molecule has 0 heterocycles. The first-order chi connectivity index (χ1) is 13.0. The van der Waals surface area contributed by atoms with Gasteiger partial charge in [0.05, 0.1) is 24.9 Å². The third-order valence-corrected chi connectivity index (χ3v) is 4.08. The Hall–Kier alpha value is -2.34. The highest BCUT2D eigenvalue weighted by molar-refractivity contribution is 7.80. The van der Waals surface area contributed by atoms with Gasteiger partial charge in [0.25, 0.3) is 0 Å². The van der Waals surface area contributed by atoms with Gasteiger partial charge in [0, 0.05) is 0 Å². The molecule has 1 atom stereocenters. The largest absolute Gasteiger partial charge is 0.490 e. The van der Waals surface area contributed by atoms with Gasteiger partial charge >= 0.3 is 0 Å². The van der Waals surface area contributed by atoms with E-state index in [1.165, 1.54) is 6.07 Å². The van der Waals surface area contributed by atoms with Crippen molar-refractivity contribution in [3.63, 3.8) is 0 Å². The lowest BCUT2D eigenvalue weighted by Crippen LogP contribution is -2.31. The molecule has 4 nitrogen and oxygen atoms in total. The quantitative estimate of drug-likeness (QED) is 0.557. The van der Waals surface area contributed by atoms with Gasteiger partial charge in [0.15, 0.2) is 16.6 Å². The third kappa shape index (κ3) is 6.40. The van der Waals surface area contributed by atoms with Crippen molar-refractivity contribution in [1.29, 1.82) is 0 Å². The molecular weight excluding hydrogens is 363 g/mol. The van der Waals surface area contributed by atoms with E-state index in [0.717, 1.165) is 29.9 Å². The van der Waals surface area contributed by atoms with Crippen LogP contribution in [0.25, 0.3) is 0 Å². The van der Waals surface area contributed by atoms with Gasteiger partial charge in [-0.05, 0) is 61.8 Å². The summed E-state index contributed by atoms with van der Waals surface area (Å²) in [5, 5.41) is 6.42. The lowest BCUT2D eigenvalue weighted by Gasteiger charge is -2.20. The van der Waals surface area contributed by atoms with E-state index in [1.807, 2.05) is 25.1 Å². The maximum Gasteiger partial charge on any atom is 0.171 e. The minimum atomic E-state index is -0.345. The summed E-state index contributed by atoms with van der Waals surface area (Å²) < 4.78 is 25.4. The second kappa shape index (κ2) is 10.7. The molecular formula is C21H27FN2O2S. The third-order valence-electron chi connectivity index (χ3n) is 3.86. The molecule has 0 aromatic heterocycles. The zero-order valence-electron chi connectivity index (χ0n) is 16.0. The van der Waals surface area contributed by atoms with Crippen LogP contribution in [0.15, 0.2) is 42.5 Å². The zero-order chi connectivity index (χ0) is 19.6. The molecule has 2 aromatic rings. The van der Waals surface area contributed by atoms with Gasteiger partial charge < -0.3 is 20.1 Å². The molecule has 6 heteroatoms. The number of hydrogen-bond donors (Lipinski definition) is 2. The highest BCUT2D eigenvalue weighted by Crippen LogP contribution is 2.31. The van der Waals surface area contributed by atoms with E-state index >= 15 is 0 Å². The van der Waals surface area contributed by atoms with Crippen LogP contribution in [0.2, 0.25) is 0 Å². The first-order valence-electron chi connectivity index (χ1n) is 9.26. The maximum absolute atomic E-state index is 13.7. The molecule has 0 bridgehead atoms. The van der Waals surface area contributed by atoms with Crippen molar-refractivity contribution in [2.75, 3.05) is 18.5 Å². The normalized spacial score (nSPS) is 11.6. The second-order valence-corrected chi connectivity index (χ2v) is 6.61. The second-order valence-electron chi connectivity index (χ2n) is 6.20. The number of ether oxygens (including phenoxy) is 2. The molecule has 146 valence electrons. The van der Waals surface area contributed by atoms with Gasteiger partial charge in [0.2, 0.25) is 0 Å². The molecule has 0 spiro atoms. The predicted octanol–water partition coefficient (Wildman–Crippen LogP) is 5.45. The van der Waals surface area contributed by atoms with E-state index < -0.39 is 0 Å². The molecule has 0 fully saturated rings. The van der Waals surface area contributed by atoms with Gasteiger partial charge in [-0.15, -0.1) is 0 Å². The van der Waals surface area contributed by atoms with E-state index in [-0.39, 0.29) is 11.9 Å². The Morgan fingerprint density at radius 1 is 1.04 bits per heavy atom. The summed E-state index contributed by atoms with van der Waals surface area (Å²) in [6, 6.07) is 12.2. The fraction of sp³-hybridized carbons (Fsp3) is 0.381. The highest BCUT2D eigenvalue weighted by Gasteiger charge is 2.13. The van der Waals surface area contributed by atoms with Crippen molar-refractivity contribution in [3.05, 3.63) is 53.8 Å². The van der Waals surface area contributed by atoms with Crippen LogP contribution >= 0.6 is 12.2 Å². The SMILES string of the molecule is CCCOc1ccc([C@H](C)NC(=S)Nc2ccccc2F)cc1OCCC. The molecule has 0 saturated heterocycles. The summed E-state index contributed by atoms with van der Waals surface area (Å²) in [7, 11) is 0. The molecule has 0 amide bonds. The number of halogens is 1. The Balaban J connectivity index is 2.06. The lowest BCUT2D eigenvalue weighted by atomic mass is 10.1. The van der Waals surface area contributed by atoms with E-state index in [1.54, 1.807) is 18.2 Å². The number of nitrogens with one attached hydrogen (secondary N) is 2. The fourth-order valence-electron chi connectivity index (χ4n) is 2.45. The molecule has 0 aliphatic heterocycles. The summed E-state index contributed by atoms with van der Waals surface area (Å²) in [6.45, 7) is 7.39. The zero-order valence-corrected chi connectivity index (χ0v) is 16.9. The van der Waals surface area contributed by atoms with Crippen molar-refractivity contribution >= 4 is 23.0 Å². The average Bonchev–Trinajstić information content (AvgIpc) is 2.66. The van der Waals surface area contributed by atoms with Crippen LogP contribution in [0.4, 0.5) is 10.1 Å². The number of para-hydroxylation sites is 1. The standard InChI is InChI=1S/C21H27FN2O2S/c1-4-12-25-19-11-10-16(14-20(19)26-13-5-2)15(3)23-21(27)24-18-9-7-6-8-17(18)22/h6-11,14-15H,4-5,12-13H2,1-3H3,(H2,23,24,27)/t15-/m0/s1. The molecule has 2 aromatic carbocycles. The van der Waals surface area contributed by atoms with Crippen LogP contribution in [0.5, 0.6) is 11.5 Å². The Morgan fingerprint density at radius 2 is 1.70 bits per heavy atom. The topological polar surface area (TPSA) is 42.5 Å². The van der Waals surface area contributed by atoms with Crippen LogP contribution < -0.4 is 20.1 Å². The molecule has 2 N–H and O–H groups in total. The first-order valence-corrected chi connectivity index (χ1v) is 9.67. The van der Waals surface area contributed by atoms with E-state index in [2.05, 4.69) is 24.5 Å². The van der Waals surface area contributed by atoms with Crippen LogP contribution in [0.1, 0.15) is 45.2 Å². The fourth-order valence-corrected chi connectivity index (χ4v) is 2.74. The molecule has 0 unspecified atom stereocenters. The maximum atomic E-state index is 13.7. The molecule has 0 saturated carbocycles. The monoisotopic (exact) mass is 390 g/mol. The van der Waals surface area contributed by atoms with Gasteiger partial charge in [-0.3, -0.25) is 0 Å². The first kappa shape index (κ1) is 21.0. The summed E-state index contributed by atoms with van der Waals surface area (Å²) >= 11 is 5.31. The van der Waals surface area contributed by atoms with Crippen molar-refractivity contribution in [1.82, 2.24) is 5.32 Å². The number of anilines is 1. The number of benzene rings is 2. The van der Waals surface area contributed by atoms with Crippen molar-refractivity contribution in [2.45, 2.75) is 39.7 Å². The Bertz CT molecular complexity index is 755. The van der Waals surface area contributed by atoms with Crippen LogP contribution in [-0.2, 0) is 0 Å². The van der Waals surface area contributed by atoms with E-state index in [0.29, 0.717) is 24.0 Å². The minimum absolute atomic E-state index is 0.0824. The highest BCUT2D eigenvalue weighted by atomic mass is 32.1. The summed E-state index contributed by atoms with van der Waals surface area (Å²) in [5.41, 5.74) is 1.35. The average molecular weight is 391 g/mol. The Morgan fingerprint density at radius 3 is 2.37 bits per heavy atom. The van der Waals surface area contributed by atoms with Crippen LogP contribution in [0.3, 0.4) is 0 Å². The van der Waals surface area contributed by atoms with Crippen LogP contribution in [-0.4, -0.2) is 18.3 Å². The smallest absolute Gasteiger partial charge is 0.171 e. The summed E-state index contributed by atoms with van der Waals surface area (Å²) in [6.07, 6.45) is 1.85. The van der Waals surface area contributed by atoms with Gasteiger partial charge in [-0.2, -0.15) is 0 Å². The minimum Gasteiger partial charge on any atom is -0.490 e. The summed E-state index contributed by atoms with van der Waals surface area (Å²) in [4.78, 5) is 0. The van der Waals surface area contributed by atoms with Crippen LogP contribution in [0, 0.1) is 5.82 Å². The van der Waals surface area contributed by atoms with E-state index in [4.69, 9.17) is 21.7 Å². The van der Waals surface area contributed by atoms with E-state index in [9.17, 15) is 4.39 Å². The van der Waals surface area contributed by atoms with Crippen molar-refractivity contribution in [2.24, 2.45) is 0 Å². The van der Waals surface area contributed by atoms with Crippen molar-refractivity contribution in [3.8, 4) is 11.5 Å².